The first-order chi connectivity index (χ1) is 5.33. The van der Waals surface area contributed by atoms with Crippen LogP contribution in [0.25, 0.3) is 0 Å². The van der Waals surface area contributed by atoms with Gasteiger partial charge < -0.3 is 10.6 Å². The standard InChI is InChI=1S/C7H14N2OS/c1-11-3-2-6-4-9-7(10)5-8-6/h6,8H,2-5H2,1H3,(H,9,10)/t6-/m0/s1. The van der Waals surface area contributed by atoms with Crippen molar-refractivity contribution in [1.29, 1.82) is 0 Å². The summed E-state index contributed by atoms with van der Waals surface area (Å²) in [7, 11) is 0. The number of piperazine rings is 1. The Morgan fingerprint density at radius 3 is 3.09 bits per heavy atom. The predicted octanol–water partition coefficient (Wildman–Crippen LogP) is -0.173. The average molecular weight is 174 g/mol. The molecule has 0 bridgehead atoms. The molecule has 0 aliphatic carbocycles. The van der Waals surface area contributed by atoms with Gasteiger partial charge in [0.25, 0.3) is 0 Å². The Bertz CT molecular complexity index is 130. The van der Waals surface area contributed by atoms with Gasteiger partial charge >= 0.3 is 0 Å². The van der Waals surface area contributed by atoms with Crippen LogP contribution in [0, 0.1) is 0 Å². The largest absolute Gasteiger partial charge is 0.353 e. The second-order valence-electron chi connectivity index (χ2n) is 2.66. The Morgan fingerprint density at radius 1 is 1.73 bits per heavy atom. The smallest absolute Gasteiger partial charge is 0.234 e. The van der Waals surface area contributed by atoms with E-state index in [4.69, 9.17) is 0 Å². The second-order valence-corrected chi connectivity index (χ2v) is 3.65. The third-order valence-electron chi connectivity index (χ3n) is 1.77. The lowest BCUT2D eigenvalue weighted by atomic mass is 10.2. The molecule has 0 aromatic rings. The van der Waals surface area contributed by atoms with E-state index in [1.54, 1.807) is 0 Å². The summed E-state index contributed by atoms with van der Waals surface area (Å²) in [6.07, 6.45) is 3.24. The van der Waals surface area contributed by atoms with Gasteiger partial charge in [-0.05, 0) is 18.4 Å². The third-order valence-corrected chi connectivity index (χ3v) is 2.41. The molecule has 11 heavy (non-hydrogen) atoms. The first-order valence-electron chi connectivity index (χ1n) is 3.82. The highest BCUT2D eigenvalue weighted by Gasteiger charge is 2.15. The van der Waals surface area contributed by atoms with Crippen molar-refractivity contribution in [1.82, 2.24) is 10.6 Å². The van der Waals surface area contributed by atoms with E-state index in [2.05, 4.69) is 16.9 Å². The van der Waals surface area contributed by atoms with Crippen molar-refractivity contribution in [3.8, 4) is 0 Å². The Hall–Kier alpha value is -0.220. The van der Waals surface area contributed by atoms with Gasteiger partial charge in [0.05, 0.1) is 6.54 Å². The van der Waals surface area contributed by atoms with Crippen LogP contribution in [-0.4, -0.2) is 37.0 Å². The number of carbonyl (C=O) groups excluding carboxylic acids is 1. The van der Waals surface area contributed by atoms with Crippen LogP contribution in [-0.2, 0) is 4.79 Å². The molecule has 4 heteroatoms. The number of hydrogen-bond donors (Lipinski definition) is 2. The van der Waals surface area contributed by atoms with Crippen LogP contribution in [0.1, 0.15) is 6.42 Å². The minimum atomic E-state index is 0.116. The topological polar surface area (TPSA) is 41.1 Å². The van der Waals surface area contributed by atoms with E-state index in [1.165, 1.54) is 0 Å². The molecule has 2 N–H and O–H groups in total. The molecule has 3 nitrogen and oxygen atoms in total. The van der Waals surface area contributed by atoms with Gasteiger partial charge in [-0.15, -0.1) is 0 Å². The fourth-order valence-electron chi connectivity index (χ4n) is 1.07. The van der Waals surface area contributed by atoms with E-state index in [9.17, 15) is 4.79 Å². The molecule has 0 spiro atoms. The first kappa shape index (κ1) is 8.87. The molecule has 0 aromatic carbocycles. The monoisotopic (exact) mass is 174 g/mol. The molecule has 0 saturated carbocycles. The summed E-state index contributed by atoms with van der Waals surface area (Å²) in [5.74, 6) is 1.28. The first-order valence-corrected chi connectivity index (χ1v) is 5.21. The fraction of sp³-hybridized carbons (Fsp3) is 0.857. The number of thioether (sulfide) groups is 1. The highest BCUT2D eigenvalue weighted by atomic mass is 32.2. The van der Waals surface area contributed by atoms with Gasteiger partial charge in [-0.2, -0.15) is 11.8 Å². The Labute approximate surface area is 71.3 Å². The van der Waals surface area contributed by atoms with Crippen LogP contribution < -0.4 is 10.6 Å². The van der Waals surface area contributed by atoms with E-state index in [0.29, 0.717) is 12.6 Å². The average Bonchev–Trinajstić information content (AvgIpc) is 2.04. The molecule has 1 amide bonds. The minimum absolute atomic E-state index is 0.116. The lowest BCUT2D eigenvalue weighted by Gasteiger charge is -2.23. The minimum Gasteiger partial charge on any atom is -0.353 e. The summed E-state index contributed by atoms with van der Waals surface area (Å²) in [5, 5.41) is 6.01. The van der Waals surface area contributed by atoms with Crippen LogP contribution in [0.15, 0.2) is 0 Å². The SMILES string of the molecule is CSCC[C@H]1CNC(=O)CN1. The van der Waals surface area contributed by atoms with Gasteiger partial charge in [0.2, 0.25) is 5.91 Å². The van der Waals surface area contributed by atoms with Crippen molar-refractivity contribution in [3.63, 3.8) is 0 Å². The van der Waals surface area contributed by atoms with Crippen LogP contribution in [0.4, 0.5) is 0 Å². The van der Waals surface area contributed by atoms with Gasteiger partial charge in [-0.1, -0.05) is 0 Å². The Morgan fingerprint density at radius 2 is 2.55 bits per heavy atom. The van der Waals surface area contributed by atoms with Gasteiger partial charge in [-0.25, -0.2) is 0 Å². The zero-order valence-corrected chi connectivity index (χ0v) is 7.54. The molecular formula is C7H14N2OS. The van der Waals surface area contributed by atoms with Crippen molar-refractivity contribution < 1.29 is 4.79 Å². The molecular weight excluding hydrogens is 160 g/mol. The number of carbonyl (C=O) groups is 1. The van der Waals surface area contributed by atoms with Crippen molar-refractivity contribution in [2.75, 3.05) is 25.1 Å². The Kier molecular flexibility index (Phi) is 3.72. The van der Waals surface area contributed by atoms with Crippen molar-refractivity contribution in [2.24, 2.45) is 0 Å². The summed E-state index contributed by atoms with van der Waals surface area (Å²) < 4.78 is 0. The van der Waals surface area contributed by atoms with E-state index >= 15 is 0 Å². The summed E-state index contributed by atoms with van der Waals surface area (Å²) in [4.78, 5) is 10.7. The zero-order valence-electron chi connectivity index (χ0n) is 6.72. The molecule has 0 unspecified atom stereocenters. The summed E-state index contributed by atoms with van der Waals surface area (Å²) in [6, 6.07) is 0.486. The molecule has 1 saturated heterocycles. The van der Waals surface area contributed by atoms with Crippen molar-refractivity contribution in [2.45, 2.75) is 12.5 Å². The number of amides is 1. The van der Waals surface area contributed by atoms with E-state index < -0.39 is 0 Å². The maximum atomic E-state index is 10.7. The third kappa shape index (κ3) is 3.12. The highest BCUT2D eigenvalue weighted by molar-refractivity contribution is 7.98. The fourth-order valence-corrected chi connectivity index (χ4v) is 1.59. The van der Waals surface area contributed by atoms with E-state index in [1.807, 2.05) is 11.8 Å². The van der Waals surface area contributed by atoms with Crippen LogP contribution in [0.3, 0.4) is 0 Å². The second kappa shape index (κ2) is 4.62. The molecule has 0 aromatic heterocycles. The van der Waals surface area contributed by atoms with Crippen LogP contribution >= 0.6 is 11.8 Å². The molecule has 1 aliphatic heterocycles. The summed E-state index contributed by atoms with van der Waals surface area (Å²) in [5.41, 5.74) is 0. The molecule has 1 heterocycles. The van der Waals surface area contributed by atoms with E-state index in [0.717, 1.165) is 18.7 Å². The van der Waals surface area contributed by atoms with Gasteiger partial charge in [-0.3, -0.25) is 4.79 Å². The molecule has 64 valence electrons. The highest BCUT2D eigenvalue weighted by Crippen LogP contribution is 2.01. The lowest BCUT2D eigenvalue weighted by Crippen LogP contribution is -2.51. The Balaban J connectivity index is 2.12. The van der Waals surface area contributed by atoms with Crippen LogP contribution in [0.2, 0.25) is 0 Å². The maximum absolute atomic E-state index is 10.7. The number of hydrogen-bond acceptors (Lipinski definition) is 3. The molecule has 0 radical (unpaired) electrons. The maximum Gasteiger partial charge on any atom is 0.234 e. The number of nitrogens with one attached hydrogen (secondary N) is 2. The molecule has 1 fully saturated rings. The predicted molar refractivity (Wildman–Crippen MR) is 47.8 cm³/mol. The molecule has 1 atom stereocenters. The van der Waals surface area contributed by atoms with Gasteiger partial charge in [0, 0.05) is 12.6 Å². The van der Waals surface area contributed by atoms with Crippen LogP contribution in [0.5, 0.6) is 0 Å². The molecule has 1 aliphatic rings. The van der Waals surface area contributed by atoms with Gasteiger partial charge in [0.1, 0.15) is 0 Å². The van der Waals surface area contributed by atoms with Crippen molar-refractivity contribution >= 4 is 17.7 Å². The quantitative estimate of drug-likeness (QED) is 0.624. The van der Waals surface area contributed by atoms with E-state index in [-0.39, 0.29) is 5.91 Å². The summed E-state index contributed by atoms with van der Waals surface area (Å²) >= 11 is 1.84. The van der Waals surface area contributed by atoms with Crippen molar-refractivity contribution in [3.05, 3.63) is 0 Å². The number of rotatable bonds is 3. The zero-order chi connectivity index (χ0) is 8.10. The van der Waals surface area contributed by atoms with Gasteiger partial charge in [0.15, 0.2) is 0 Å². The lowest BCUT2D eigenvalue weighted by molar-refractivity contribution is -0.121. The molecule has 1 rings (SSSR count). The normalized spacial score (nSPS) is 24.8. The summed E-state index contributed by atoms with van der Waals surface area (Å²) in [6.45, 7) is 1.28.